The molecule has 1 N–H and O–H groups in total. The lowest BCUT2D eigenvalue weighted by atomic mass is 9.84. The molecular weight excluding hydrogens is 484 g/mol. The van der Waals surface area contributed by atoms with Crippen LogP contribution in [0.2, 0.25) is 0 Å². The Kier molecular flexibility index (Phi) is 9.95. The van der Waals surface area contributed by atoms with Gasteiger partial charge in [-0.2, -0.15) is 0 Å². The van der Waals surface area contributed by atoms with Crippen LogP contribution in [0.3, 0.4) is 0 Å². The molecule has 0 amide bonds. The van der Waals surface area contributed by atoms with Gasteiger partial charge < -0.3 is 14.8 Å². The Hall–Kier alpha value is -2.99. The number of benzene rings is 2. The number of fused-ring (bicyclic) bond motifs is 1. The van der Waals surface area contributed by atoms with E-state index in [1.54, 1.807) is 6.92 Å². The molecule has 0 unspecified atom stereocenters. The maximum Gasteiger partial charge on any atom is 0.208 e. The zero-order chi connectivity index (χ0) is 27.9. The first kappa shape index (κ1) is 29.0. The molecule has 0 saturated carbocycles. The van der Waals surface area contributed by atoms with Gasteiger partial charge >= 0.3 is 0 Å². The van der Waals surface area contributed by atoms with Crippen molar-refractivity contribution in [1.82, 2.24) is 14.5 Å². The fourth-order valence-corrected chi connectivity index (χ4v) is 5.83. The van der Waals surface area contributed by atoms with Crippen molar-refractivity contribution in [2.45, 2.75) is 79.7 Å². The highest BCUT2D eigenvalue weighted by molar-refractivity contribution is 6.00. The van der Waals surface area contributed by atoms with Crippen molar-refractivity contribution in [1.29, 1.82) is 0 Å². The van der Waals surface area contributed by atoms with E-state index in [9.17, 15) is 9.59 Å². The number of aryl methyl sites for hydroxylation is 1. The minimum absolute atomic E-state index is 0.0373. The smallest absolute Gasteiger partial charge is 0.208 e. The maximum absolute atomic E-state index is 13.7. The Labute approximate surface area is 234 Å². The third-order valence-electron chi connectivity index (χ3n) is 7.77. The Balaban J connectivity index is 1.63. The standard InChI is InChI=1S/C33H46N4O2/c1-23(2)20-28(21-24(3)4)32(39)27-12-15-30-31(22-27)37(19-9-18-36-16-7-6-8-17-36)33(35-30)34-29-13-10-26(11-14-29)25(5)38/h10-15,22-24,28H,6-9,16-21H2,1-5H3,(H,34,35). The number of anilines is 2. The molecule has 0 radical (unpaired) electrons. The molecule has 0 bridgehead atoms. The number of piperidine rings is 1. The molecule has 6 nitrogen and oxygen atoms in total. The highest BCUT2D eigenvalue weighted by Crippen LogP contribution is 2.29. The molecule has 4 rings (SSSR count). The molecule has 2 heterocycles. The predicted molar refractivity (Wildman–Crippen MR) is 161 cm³/mol. The van der Waals surface area contributed by atoms with Gasteiger partial charge in [0, 0.05) is 29.3 Å². The minimum Gasteiger partial charge on any atom is -0.326 e. The zero-order valence-corrected chi connectivity index (χ0v) is 24.5. The Morgan fingerprint density at radius 1 is 0.872 bits per heavy atom. The van der Waals surface area contributed by atoms with E-state index in [-0.39, 0.29) is 17.5 Å². The monoisotopic (exact) mass is 530 g/mol. The number of imidazole rings is 1. The summed E-state index contributed by atoms with van der Waals surface area (Å²) >= 11 is 0. The lowest BCUT2D eigenvalue weighted by Crippen LogP contribution is -2.31. The Morgan fingerprint density at radius 3 is 2.13 bits per heavy atom. The van der Waals surface area contributed by atoms with Crippen molar-refractivity contribution < 1.29 is 9.59 Å². The van der Waals surface area contributed by atoms with Crippen LogP contribution in [0.5, 0.6) is 0 Å². The van der Waals surface area contributed by atoms with Crippen LogP contribution in [0.25, 0.3) is 11.0 Å². The molecule has 1 aromatic heterocycles. The van der Waals surface area contributed by atoms with Gasteiger partial charge in [0.2, 0.25) is 5.95 Å². The molecule has 1 aliphatic rings. The van der Waals surface area contributed by atoms with Gasteiger partial charge in [-0.25, -0.2) is 4.98 Å². The third kappa shape index (κ3) is 7.78. The number of hydrogen-bond acceptors (Lipinski definition) is 5. The van der Waals surface area contributed by atoms with Crippen LogP contribution in [-0.4, -0.2) is 45.7 Å². The molecule has 0 aliphatic carbocycles. The lowest BCUT2D eigenvalue weighted by molar-refractivity contribution is 0.0884. The molecule has 210 valence electrons. The number of hydrogen-bond donors (Lipinski definition) is 1. The number of ketones is 2. The molecule has 0 spiro atoms. The van der Waals surface area contributed by atoms with Gasteiger partial charge in [0.25, 0.3) is 0 Å². The van der Waals surface area contributed by atoms with Crippen molar-refractivity contribution in [2.75, 3.05) is 25.0 Å². The van der Waals surface area contributed by atoms with Crippen molar-refractivity contribution >= 4 is 34.2 Å². The second-order valence-electron chi connectivity index (χ2n) is 12.1. The highest BCUT2D eigenvalue weighted by Gasteiger charge is 2.24. The van der Waals surface area contributed by atoms with Gasteiger partial charge in [-0.1, -0.05) is 34.1 Å². The zero-order valence-electron chi connectivity index (χ0n) is 24.5. The second-order valence-corrected chi connectivity index (χ2v) is 12.1. The number of nitrogens with zero attached hydrogens (tertiary/aromatic N) is 3. The summed E-state index contributed by atoms with van der Waals surface area (Å²) in [7, 11) is 0. The maximum atomic E-state index is 13.7. The van der Waals surface area contributed by atoms with E-state index in [0.717, 1.165) is 60.6 Å². The van der Waals surface area contributed by atoms with E-state index in [2.05, 4.69) is 48.5 Å². The quantitative estimate of drug-likeness (QED) is 0.229. The molecule has 0 atom stereocenters. The summed E-state index contributed by atoms with van der Waals surface area (Å²) in [5.41, 5.74) is 4.24. The van der Waals surface area contributed by atoms with Crippen molar-refractivity contribution in [3.63, 3.8) is 0 Å². The topological polar surface area (TPSA) is 67.2 Å². The SMILES string of the molecule is CC(=O)c1ccc(Nc2nc3ccc(C(=O)C(CC(C)C)CC(C)C)cc3n2CCCN2CCCCC2)cc1. The average Bonchev–Trinajstić information content (AvgIpc) is 3.24. The van der Waals surface area contributed by atoms with Crippen LogP contribution in [-0.2, 0) is 6.54 Å². The van der Waals surface area contributed by atoms with Gasteiger partial charge in [0.15, 0.2) is 11.6 Å². The van der Waals surface area contributed by atoms with Crippen LogP contribution < -0.4 is 5.32 Å². The van der Waals surface area contributed by atoms with Gasteiger partial charge in [0.05, 0.1) is 11.0 Å². The predicted octanol–water partition coefficient (Wildman–Crippen LogP) is 7.75. The summed E-state index contributed by atoms with van der Waals surface area (Å²) in [5.74, 6) is 2.06. The van der Waals surface area contributed by atoms with Gasteiger partial charge in [0.1, 0.15) is 0 Å². The number of carbonyl (C=O) groups excluding carboxylic acids is 2. The molecule has 1 aliphatic heterocycles. The first-order valence-electron chi connectivity index (χ1n) is 14.9. The van der Waals surface area contributed by atoms with Gasteiger partial charge in [-0.3, -0.25) is 9.59 Å². The van der Waals surface area contributed by atoms with E-state index in [0.29, 0.717) is 17.4 Å². The second kappa shape index (κ2) is 13.4. The van der Waals surface area contributed by atoms with Crippen LogP contribution in [0.15, 0.2) is 42.5 Å². The van der Waals surface area contributed by atoms with E-state index in [4.69, 9.17) is 4.98 Å². The first-order valence-corrected chi connectivity index (χ1v) is 14.9. The summed E-state index contributed by atoms with van der Waals surface area (Å²) in [4.78, 5) is 32.9. The van der Waals surface area contributed by atoms with E-state index < -0.39 is 0 Å². The number of nitrogens with one attached hydrogen (secondary N) is 1. The fraction of sp³-hybridized carbons (Fsp3) is 0.545. The molecule has 2 aromatic carbocycles. The molecule has 6 heteroatoms. The van der Waals surface area contributed by atoms with Crippen LogP contribution in [0.1, 0.15) is 93.9 Å². The summed E-state index contributed by atoms with van der Waals surface area (Å²) in [6.45, 7) is 14.6. The lowest BCUT2D eigenvalue weighted by Gasteiger charge is -2.26. The van der Waals surface area contributed by atoms with Crippen LogP contribution >= 0.6 is 0 Å². The van der Waals surface area contributed by atoms with Crippen molar-refractivity contribution in [2.24, 2.45) is 17.8 Å². The summed E-state index contributed by atoms with van der Waals surface area (Å²) in [5, 5.41) is 3.48. The number of carbonyl (C=O) groups is 2. The Morgan fingerprint density at radius 2 is 1.51 bits per heavy atom. The van der Waals surface area contributed by atoms with Crippen molar-refractivity contribution in [3.8, 4) is 0 Å². The van der Waals surface area contributed by atoms with Crippen LogP contribution in [0.4, 0.5) is 11.6 Å². The number of aromatic nitrogens is 2. The molecule has 3 aromatic rings. The van der Waals surface area contributed by atoms with Crippen molar-refractivity contribution in [3.05, 3.63) is 53.6 Å². The fourth-order valence-electron chi connectivity index (χ4n) is 5.83. The van der Waals surface area contributed by atoms with E-state index >= 15 is 0 Å². The van der Waals surface area contributed by atoms with E-state index in [1.807, 2.05) is 36.4 Å². The number of likely N-dealkylation sites (tertiary alicyclic amines) is 1. The molecule has 39 heavy (non-hydrogen) atoms. The van der Waals surface area contributed by atoms with Gasteiger partial charge in [-0.15, -0.1) is 0 Å². The molecular formula is C33H46N4O2. The summed E-state index contributed by atoms with van der Waals surface area (Å²) in [6, 6.07) is 13.5. The summed E-state index contributed by atoms with van der Waals surface area (Å²) in [6.07, 6.45) is 6.75. The summed E-state index contributed by atoms with van der Waals surface area (Å²) < 4.78 is 2.23. The first-order chi connectivity index (χ1) is 18.7. The number of Topliss-reactive ketones (excluding diaryl/α,β-unsaturated/α-hetero) is 2. The largest absolute Gasteiger partial charge is 0.326 e. The average molecular weight is 531 g/mol. The minimum atomic E-state index is 0.0373. The normalized spacial score (nSPS) is 14.6. The van der Waals surface area contributed by atoms with Crippen LogP contribution in [0, 0.1) is 17.8 Å². The third-order valence-corrected chi connectivity index (χ3v) is 7.77. The van der Waals surface area contributed by atoms with E-state index in [1.165, 1.54) is 32.4 Å². The molecule has 1 saturated heterocycles. The Bertz CT molecular complexity index is 1240. The van der Waals surface area contributed by atoms with Gasteiger partial charge in [-0.05, 0) is 113 Å². The number of rotatable bonds is 13. The highest BCUT2D eigenvalue weighted by atomic mass is 16.1. The molecule has 1 fully saturated rings.